The molecule has 3 saturated heterocycles. The summed E-state index contributed by atoms with van der Waals surface area (Å²) < 4.78 is 18.3. The van der Waals surface area contributed by atoms with Gasteiger partial charge in [0.15, 0.2) is 11.7 Å². The molecule has 324 valence electrons. The number of rotatable bonds is 11. The Kier molecular flexibility index (Phi) is 13.8. The second-order valence-electron chi connectivity index (χ2n) is 16.6. The number of amides is 5. The second kappa shape index (κ2) is 19.3. The van der Waals surface area contributed by atoms with Crippen molar-refractivity contribution < 1.29 is 37.9 Å². The van der Waals surface area contributed by atoms with E-state index in [0.29, 0.717) is 101 Å². The summed E-state index contributed by atoms with van der Waals surface area (Å²) in [5.74, 6) is -2.14. The van der Waals surface area contributed by atoms with Crippen LogP contribution >= 0.6 is 0 Å². The van der Waals surface area contributed by atoms with E-state index in [1.165, 1.54) is 4.57 Å². The highest BCUT2D eigenvalue weighted by atomic mass is 16.6. The van der Waals surface area contributed by atoms with Crippen molar-refractivity contribution in [2.45, 2.75) is 96.2 Å². The van der Waals surface area contributed by atoms with Crippen LogP contribution in [0.25, 0.3) is 11.1 Å². The maximum atomic E-state index is 14.3. The lowest BCUT2D eigenvalue weighted by Crippen LogP contribution is -2.56. The molecule has 1 N–H and O–H groups in total. The molecular formula is C44H59N7O9. The molecule has 2 aromatic carbocycles. The van der Waals surface area contributed by atoms with Crippen LogP contribution in [0.15, 0.2) is 45.6 Å². The molecule has 3 fully saturated rings. The van der Waals surface area contributed by atoms with Gasteiger partial charge in [0, 0.05) is 90.1 Å². The molecular weight excluding hydrogens is 771 g/mol. The molecule has 16 nitrogen and oxygen atoms in total. The van der Waals surface area contributed by atoms with Gasteiger partial charge in [-0.15, -0.1) is 0 Å². The van der Waals surface area contributed by atoms with Gasteiger partial charge in [-0.3, -0.25) is 19.1 Å². The summed E-state index contributed by atoms with van der Waals surface area (Å²) in [6.45, 7) is 8.65. The molecule has 0 spiro atoms. The van der Waals surface area contributed by atoms with E-state index in [0.717, 1.165) is 48.9 Å². The largest absolute Gasteiger partial charge is 0.459 e. The highest BCUT2D eigenvalue weighted by molar-refractivity contribution is 6.32. The van der Waals surface area contributed by atoms with E-state index >= 15 is 0 Å². The van der Waals surface area contributed by atoms with E-state index in [-0.39, 0.29) is 37.0 Å². The van der Waals surface area contributed by atoms with Crippen molar-refractivity contribution in [3.63, 3.8) is 0 Å². The topological polar surface area (TPSA) is 167 Å². The van der Waals surface area contributed by atoms with Crippen molar-refractivity contribution in [3.05, 3.63) is 63.6 Å². The smallest absolute Gasteiger partial charge is 0.419 e. The van der Waals surface area contributed by atoms with Crippen LogP contribution in [0.1, 0.15) is 75.0 Å². The number of hydrogen-bond donors (Lipinski definition) is 1. The van der Waals surface area contributed by atoms with Crippen LogP contribution in [0.4, 0.5) is 15.3 Å². The van der Waals surface area contributed by atoms with Crippen LogP contribution in [0.5, 0.6) is 0 Å². The number of aromatic nitrogens is 1. The Morgan fingerprint density at radius 3 is 2.27 bits per heavy atom. The van der Waals surface area contributed by atoms with Crippen LogP contribution in [0.2, 0.25) is 0 Å². The van der Waals surface area contributed by atoms with Gasteiger partial charge < -0.3 is 38.8 Å². The van der Waals surface area contributed by atoms with E-state index in [1.54, 1.807) is 27.8 Å². The first kappa shape index (κ1) is 42.7. The third-order valence-electron chi connectivity index (χ3n) is 12.7. The SMILES string of the molecule is CCCCCCOC(=O)C(=O)N1CCN(C2CCN(C(=O)[C@@H](Cc3cc(C)c4c(c3)oc(=O)n4C)OC(=O)N3CCC(N4CCc5ccccc5NC4=O)CC3)CC2)CC1. The zero-order chi connectivity index (χ0) is 42.3. The maximum Gasteiger partial charge on any atom is 0.419 e. The predicted molar refractivity (Wildman–Crippen MR) is 223 cm³/mol. The number of piperazine rings is 1. The minimum atomic E-state index is -1.12. The fourth-order valence-electron chi connectivity index (χ4n) is 9.22. The fraction of sp³-hybridized carbons (Fsp3) is 0.591. The minimum Gasteiger partial charge on any atom is -0.459 e. The number of nitrogens with zero attached hydrogens (tertiary/aromatic N) is 6. The number of esters is 1. The van der Waals surface area contributed by atoms with Crippen molar-refractivity contribution in [1.82, 2.24) is 29.1 Å². The summed E-state index contributed by atoms with van der Waals surface area (Å²) in [6, 6.07) is 11.5. The summed E-state index contributed by atoms with van der Waals surface area (Å²) in [4.78, 5) is 88.0. The van der Waals surface area contributed by atoms with Crippen molar-refractivity contribution in [2.24, 2.45) is 7.05 Å². The molecule has 16 heteroatoms. The van der Waals surface area contributed by atoms with Gasteiger partial charge >= 0.3 is 29.8 Å². The molecule has 5 heterocycles. The summed E-state index contributed by atoms with van der Waals surface area (Å²) in [6.07, 6.45) is 5.61. The number of hydrogen-bond acceptors (Lipinski definition) is 10. The number of aryl methyl sites for hydroxylation is 2. The van der Waals surface area contributed by atoms with Gasteiger partial charge in [0.05, 0.1) is 12.1 Å². The van der Waals surface area contributed by atoms with E-state index in [4.69, 9.17) is 13.9 Å². The summed E-state index contributed by atoms with van der Waals surface area (Å²) >= 11 is 0. The van der Waals surface area contributed by atoms with Crippen LogP contribution < -0.4 is 11.1 Å². The number of para-hydroxylation sites is 1. The molecule has 1 atom stereocenters. The van der Waals surface area contributed by atoms with Gasteiger partial charge in [0.2, 0.25) is 0 Å². The number of carbonyl (C=O) groups excluding carboxylic acids is 5. The lowest BCUT2D eigenvalue weighted by Gasteiger charge is -2.43. The number of unbranched alkanes of at least 4 members (excludes halogenated alkanes) is 3. The molecule has 7 rings (SSSR count). The van der Waals surface area contributed by atoms with E-state index in [2.05, 4.69) is 17.1 Å². The Labute approximate surface area is 350 Å². The van der Waals surface area contributed by atoms with Gasteiger partial charge in [-0.2, -0.15) is 0 Å². The molecule has 1 aromatic heterocycles. The van der Waals surface area contributed by atoms with Crippen molar-refractivity contribution in [2.75, 3.05) is 70.8 Å². The molecule has 3 aromatic rings. The fourth-order valence-corrected chi connectivity index (χ4v) is 9.22. The first-order valence-electron chi connectivity index (χ1n) is 21.7. The van der Waals surface area contributed by atoms with Gasteiger partial charge in [0.1, 0.15) is 0 Å². The quantitative estimate of drug-likeness (QED) is 0.167. The molecule has 0 radical (unpaired) electrons. The predicted octanol–water partition coefficient (Wildman–Crippen LogP) is 4.30. The third kappa shape index (κ3) is 9.80. The van der Waals surface area contributed by atoms with Crippen LogP contribution in [-0.2, 0) is 43.7 Å². The highest BCUT2D eigenvalue weighted by Crippen LogP contribution is 2.27. The zero-order valence-corrected chi connectivity index (χ0v) is 35.2. The normalized spacial score (nSPS) is 18.8. The molecule has 4 aliphatic rings. The Morgan fingerprint density at radius 1 is 0.833 bits per heavy atom. The third-order valence-corrected chi connectivity index (χ3v) is 12.7. The van der Waals surface area contributed by atoms with Crippen LogP contribution in [0.3, 0.4) is 0 Å². The number of oxazole rings is 1. The van der Waals surface area contributed by atoms with Gasteiger partial charge in [-0.05, 0) is 74.3 Å². The number of ether oxygens (including phenoxy) is 2. The standard InChI is InChI=1S/C44H59N7O9/c1-4-5-6-9-26-58-41(54)40(53)49-24-22-47(23-25-49)33-13-17-48(18-14-33)39(52)37(29-31-27-30(2)38-36(28-31)59-43(56)46(38)3)60-44(57)50-19-15-34(16-20-50)51-21-12-32-10-7-8-11-35(32)45-42(51)55/h7-8,10-11,27-28,33-34,37H,4-6,9,12-26,29H2,1-3H3,(H,45,55)/t37-/m1/s1. The lowest BCUT2D eigenvalue weighted by molar-refractivity contribution is -0.161. The number of carbonyl (C=O) groups is 5. The number of fused-ring (bicyclic) bond motifs is 2. The number of urea groups is 1. The molecule has 0 unspecified atom stereocenters. The Morgan fingerprint density at radius 2 is 1.53 bits per heavy atom. The summed E-state index contributed by atoms with van der Waals surface area (Å²) in [5, 5.41) is 3.04. The van der Waals surface area contributed by atoms with Gasteiger partial charge in [0.25, 0.3) is 5.91 Å². The van der Waals surface area contributed by atoms with E-state index in [9.17, 15) is 28.8 Å². The number of benzene rings is 2. The summed E-state index contributed by atoms with van der Waals surface area (Å²) in [7, 11) is 1.65. The van der Waals surface area contributed by atoms with Crippen molar-refractivity contribution in [3.8, 4) is 0 Å². The van der Waals surface area contributed by atoms with Gasteiger partial charge in [-0.1, -0.05) is 50.5 Å². The Hall–Kier alpha value is -5.38. The number of anilines is 1. The monoisotopic (exact) mass is 829 g/mol. The van der Waals surface area contributed by atoms with E-state index in [1.807, 2.05) is 42.2 Å². The molecule has 0 bridgehead atoms. The number of likely N-dealkylation sites (tertiary alicyclic amines) is 2. The first-order valence-corrected chi connectivity index (χ1v) is 21.7. The molecule has 5 amide bonds. The second-order valence-corrected chi connectivity index (χ2v) is 16.6. The minimum absolute atomic E-state index is 0.0394. The lowest BCUT2D eigenvalue weighted by atomic mass is 9.99. The Balaban J connectivity index is 0.951. The average Bonchev–Trinajstić information content (AvgIpc) is 3.44. The Bertz CT molecular complexity index is 2090. The molecule has 0 aliphatic carbocycles. The number of piperidine rings is 2. The molecule has 0 saturated carbocycles. The first-order chi connectivity index (χ1) is 29.0. The molecule has 60 heavy (non-hydrogen) atoms. The summed E-state index contributed by atoms with van der Waals surface area (Å²) in [5.41, 5.74) is 4.50. The van der Waals surface area contributed by atoms with E-state index < -0.39 is 29.8 Å². The average molecular weight is 830 g/mol. The highest BCUT2D eigenvalue weighted by Gasteiger charge is 2.37. The van der Waals surface area contributed by atoms with Crippen molar-refractivity contribution in [1.29, 1.82) is 0 Å². The molecule has 4 aliphatic heterocycles. The van der Waals surface area contributed by atoms with Crippen LogP contribution in [0, 0.1) is 6.92 Å². The maximum absolute atomic E-state index is 14.3. The van der Waals surface area contributed by atoms with Crippen molar-refractivity contribution >= 4 is 46.7 Å². The van der Waals surface area contributed by atoms with Gasteiger partial charge in [-0.25, -0.2) is 19.2 Å². The zero-order valence-electron chi connectivity index (χ0n) is 35.2. The van der Waals surface area contributed by atoms with Crippen LogP contribution in [-0.4, -0.2) is 143 Å². The number of nitrogens with one attached hydrogen (secondary N) is 1.